The number of aromatic nitrogens is 4. The molecule has 0 bridgehead atoms. The maximum atomic E-state index is 6.88. The van der Waals surface area contributed by atoms with Gasteiger partial charge in [-0.25, -0.2) is 9.97 Å². The highest BCUT2D eigenvalue weighted by atomic mass is 16.3. The topological polar surface area (TPSA) is 48.8 Å². The lowest BCUT2D eigenvalue weighted by molar-refractivity contribution is 0.668. The Balaban J connectivity index is 1.17. The molecule has 0 aliphatic carbocycles. The molecule has 0 aliphatic heterocycles. The first kappa shape index (κ1) is 37.4. The van der Waals surface area contributed by atoms with Gasteiger partial charge in [-0.3, -0.25) is 0 Å². The van der Waals surface area contributed by atoms with Crippen LogP contribution in [0.5, 0.6) is 0 Å². The van der Waals surface area contributed by atoms with Crippen LogP contribution in [-0.4, -0.2) is 66.2 Å². The Morgan fingerprint density at radius 2 is 0.921 bits per heavy atom. The fourth-order valence-corrected chi connectivity index (χ4v) is 10.5. The SMILES string of the molecule is Bc1cc(B)c2c(c1)c1c(B)c(B)c3c4cc(B)cc(B)c4n(-c4ccc5c(c4)oc4cccc(-c6nc(-c7ccccc7)cc(-c7ccccc7)n6)c45)c3c1n2-c1ccccc1. The third-order valence-electron chi connectivity index (χ3n) is 13.2. The molecule has 12 aromatic rings. The fraction of sp³-hybridized carbons (Fsp3) is 0. The molecule has 0 saturated carbocycles. The lowest BCUT2D eigenvalue weighted by Gasteiger charge is -2.15. The molecular weight excluding hydrogens is 761 g/mol. The summed E-state index contributed by atoms with van der Waals surface area (Å²) in [4.78, 5) is 10.5. The van der Waals surface area contributed by atoms with Crippen molar-refractivity contribution in [2.75, 3.05) is 0 Å². The molecule has 8 aromatic carbocycles. The monoisotopic (exact) mass is 800 g/mol. The molecule has 0 spiro atoms. The summed E-state index contributed by atoms with van der Waals surface area (Å²) in [5, 5.41) is 7.15. The van der Waals surface area contributed by atoms with Crippen molar-refractivity contribution in [3.8, 4) is 45.3 Å². The molecule has 0 radical (unpaired) electrons. The highest BCUT2D eigenvalue weighted by molar-refractivity contribution is 6.61. The normalized spacial score (nSPS) is 11.9. The first-order valence-electron chi connectivity index (χ1n) is 21.7. The summed E-state index contributed by atoms with van der Waals surface area (Å²) in [6.07, 6.45) is 0. The minimum absolute atomic E-state index is 0.661. The highest BCUT2D eigenvalue weighted by Gasteiger charge is 2.27. The van der Waals surface area contributed by atoms with Crippen molar-refractivity contribution >= 4 is 145 Å². The van der Waals surface area contributed by atoms with Gasteiger partial charge in [0.2, 0.25) is 0 Å². The zero-order valence-corrected chi connectivity index (χ0v) is 36.2. The van der Waals surface area contributed by atoms with E-state index < -0.39 is 0 Å². The molecular formula is C52H38B6N4O. The van der Waals surface area contributed by atoms with Gasteiger partial charge in [0.15, 0.2) is 5.82 Å². The maximum absolute atomic E-state index is 6.88. The van der Waals surface area contributed by atoms with Gasteiger partial charge < -0.3 is 13.6 Å². The van der Waals surface area contributed by atoms with Crippen LogP contribution in [0.3, 0.4) is 0 Å². The standard InChI is InChI=1S/C52H38B6N4O/c53-29-21-35-44-46(57)47(58)45-36-22-30(54)24-38(56)49(36)62(51(45)50(44)61(48(35)37(55)23-29)31-15-8-3-9-16-31)32-19-20-33-42(25-32)63-41-18-10-17-34(43(33)41)52-59-39(27-11-4-1-5-12-27)26-40(60-52)28-13-6-2-7-14-28/h1-26H,53-58H2. The van der Waals surface area contributed by atoms with Crippen molar-refractivity contribution in [2.24, 2.45) is 0 Å². The summed E-state index contributed by atoms with van der Waals surface area (Å²) >= 11 is 0. The Morgan fingerprint density at radius 3 is 1.48 bits per heavy atom. The van der Waals surface area contributed by atoms with Gasteiger partial charge in [-0.05, 0) is 36.4 Å². The van der Waals surface area contributed by atoms with Gasteiger partial charge in [0.05, 0.1) is 22.4 Å². The van der Waals surface area contributed by atoms with E-state index in [2.05, 4.69) is 196 Å². The van der Waals surface area contributed by atoms with Crippen LogP contribution in [-0.2, 0) is 0 Å². The van der Waals surface area contributed by atoms with E-state index in [4.69, 9.17) is 14.4 Å². The van der Waals surface area contributed by atoms with E-state index in [1.54, 1.807) is 0 Å². The van der Waals surface area contributed by atoms with Crippen molar-refractivity contribution in [3.63, 3.8) is 0 Å². The van der Waals surface area contributed by atoms with Gasteiger partial charge >= 0.3 is 0 Å². The molecule has 12 rings (SSSR count). The van der Waals surface area contributed by atoms with Crippen LogP contribution in [0.2, 0.25) is 0 Å². The smallest absolute Gasteiger partial charge is 0.161 e. The number of benzene rings is 8. The molecule has 4 aromatic heterocycles. The van der Waals surface area contributed by atoms with E-state index in [1.807, 2.05) is 18.2 Å². The summed E-state index contributed by atoms with van der Waals surface area (Å²) in [5.74, 6) is 0.661. The largest absolute Gasteiger partial charge is 0.456 e. The lowest BCUT2D eigenvalue weighted by atomic mass is 9.74. The average Bonchev–Trinajstić information content (AvgIpc) is 3.97. The molecule has 0 fully saturated rings. The Hall–Kier alpha value is -7.37. The van der Waals surface area contributed by atoms with Crippen LogP contribution in [0.15, 0.2) is 162 Å². The number of furan rings is 1. The van der Waals surface area contributed by atoms with Gasteiger partial charge in [0.1, 0.15) is 58.2 Å². The summed E-state index contributed by atoms with van der Waals surface area (Å²) in [6, 6.07) is 56.0. The van der Waals surface area contributed by atoms with Crippen molar-refractivity contribution in [1.29, 1.82) is 0 Å². The molecule has 290 valence electrons. The second-order valence-electron chi connectivity index (χ2n) is 17.3. The molecule has 0 aliphatic rings. The Kier molecular flexibility index (Phi) is 8.36. The van der Waals surface area contributed by atoms with Gasteiger partial charge in [-0.2, -0.15) is 0 Å². The maximum Gasteiger partial charge on any atom is 0.161 e. The Labute approximate surface area is 370 Å². The van der Waals surface area contributed by atoms with Crippen LogP contribution in [0.1, 0.15) is 0 Å². The predicted octanol–water partition coefficient (Wildman–Crippen LogP) is 3.12. The first-order chi connectivity index (χ1) is 30.7. The third-order valence-corrected chi connectivity index (χ3v) is 13.2. The molecule has 0 amide bonds. The minimum atomic E-state index is 0.661. The average molecular weight is 800 g/mol. The molecule has 5 nitrogen and oxygen atoms in total. The van der Waals surface area contributed by atoms with E-state index >= 15 is 0 Å². The molecule has 0 unspecified atom stereocenters. The van der Waals surface area contributed by atoms with E-state index in [0.717, 1.165) is 61.4 Å². The molecule has 4 heterocycles. The molecule has 0 saturated heterocycles. The molecule has 11 heteroatoms. The summed E-state index contributed by atoms with van der Waals surface area (Å²) in [5.41, 5.74) is 21.1. The zero-order chi connectivity index (χ0) is 42.7. The fourth-order valence-electron chi connectivity index (χ4n) is 10.5. The van der Waals surface area contributed by atoms with Crippen LogP contribution in [0, 0.1) is 0 Å². The second-order valence-corrected chi connectivity index (χ2v) is 17.3. The Morgan fingerprint density at radius 1 is 0.397 bits per heavy atom. The third kappa shape index (κ3) is 5.65. The van der Waals surface area contributed by atoms with Crippen LogP contribution < -0.4 is 32.8 Å². The quantitative estimate of drug-likeness (QED) is 0.252. The van der Waals surface area contributed by atoms with Gasteiger partial charge in [-0.15, -0.1) is 0 Å². The van der Waals surface area contributed by atoms with Gasteiger partial charge in [0, 0.05) is 77.5 Å². The van der Waals surface area contributed by atoms with Gasteiger partial charge in [-0.1, -0.05) is 148 Å². The van der Waals surface area contributed by atoms with Crippen molar-refractivity contribution in [2.45, 2.75) is 0 Å². The molecule has 0 atom stereocenters. The van der Waals surface area contributed by atoms with Gasteiger partial charge in [0.25, 0.3) is 0 Å². The van der Waals surface area contributed by atoms with E-state index in [-0.39, 0.29) is 0 Å². The second kappa shape index (κ2) is 14.1. The van der Waals surface area contributed by atoms with E-state index in [9.17, 15) is 0 Å². The van der Waals surface area contributed by atoms with Crippen molar-refractivity contribution in [1.82, 2.24) is 19.1 Å². The highest BCUT2D eigenvalue weighted by Crippen LogP contribution is 2.42. The number of rotatable bonds is 5. The summed E-state index contributed by atoms with van der Waals surface area (Å²) in [7, 11) is 13.6. The number of para-hydroxylation sites is 1. The van der Waals surface area contributed by atoms with Crippen molar-refractivity contribution in [3.05, 3.63) is 158 Å². The van der Waals surface area contributed by atoms with E-state index in [0.29, 0.717) is 5.82 Å². The van der Waals surface area contributed by atoms with Crippen molar-refractivity contribution < 1.29 is 4.42 Å². The molecule has 63 heavy (non-hydrogen) atoms. The first-order valence-corrected chi connectivity index (χ1v) is 21.7. The number of fused-ring (bicyclic) bond motifs is 10. The number of nitrogens with zero attached hydrogens (tertiary/aromatic N) is 4. The predicted molar refractivity (Wildman–Crippen MR) is 283 cm³/mol. The van der Waals surface area contributed by atoms with Crippen LogP contribution >= 0.6 is 0 Å². The summed E-state index contributed by atoms with van der Waals surface area (Å²) in [6.45, 7) is 0. The molecule has 0 N–H and O–H groups in total. The number of hydrogen-bond donors (Lipinski definition) is 0. The Bertz CT molecular complexity index is 3800. The minimum Gasteiger partial charge on any atom is -0.456 e. The van der Waals surface area contributed by atoms with Crippen LogP contribution in [0.4, 0.5) is 0 Å². The number of hydrogen-bond acceptors (Lipinski definition) is 3. The van der Waals surface area contributed by atoms with E-state index in [1.165, 1.54) is 76.4 Å². The van der Waals surface area contributed by atoms with Crippen LogP contribution in [0.25, 0.3) is 111 Å². The lowest BCUT2D eigenvalue weighted by Crippen LogP contribution is -2.27. The summed E-state index contributed by atoms with van der Waals surface area (Å²) < 4.78 is 11.9. The zero-order valence-electron chi connectivity index (χ0n) is 36.2.